The van der Waals surface area contributed by atoms with E-state index in [0.29, 0.717) is 18.1 Å². The Hall–Kier alpha value is -1.46. The topological polar surface area (TPSA) is 54.0 Å². The fourth-order valence-electron chi connectivity index (χ4n) is 1.66. The van der Waals surface area contributed by atoms with Gasteiger partial charge in [0, 0.05) is 18.5 Å². The van der Waals surface area contributed by atoms with Crippen LogP contribution in [-0.2, 0) is 4.79 Å². The van der Waals surface area contributed by atoms with Gasteiger partial charge in [0.15, 0.2) is 5.13 Å². The molecule has 1 aromatic heterocycles. The van der Waals surface area contributed by atoms with Crippen molar-refractivity contribution in [3.8, 4) is 0 Å². The number of carbonyl (C=O) groups is 1. The minimum atomic E-state index is -0.00388. The quantitative estimate of drug-likeness (QED) is 0.903. The molecular weight excluding hydrogens is 258 g/mol. The maximum Gasteiger partial charge on any atom is 0.227 e. The van der Waals surface area contributed by atoms with Crippen LogP contribution in [0.3, 0.4) is 0 Å². The predicted molar refractivity (Wildman–Crippen MR) is 80.6 cm³/mol. The third-order valence-electron chi connectivity index (χ3n) is 2.55. The summed E-state index contributed by atoms with van der Waals surface area (Å²) in [6, 6.07) is 7.87. The zero-order valence-corrected chi connectivity index (χ0v) is 12.3. The summed E-state index contributed by atoms with van der Waals surface area (Å²) >= 11 is 1.50. The van der Waals surface area contributed by atoms with Gasteiger partial charge in [0.05, 0.1) is 10.2 Å². The summed E-state index contributed by atoms with van der Waals surface area (Å²) in [7, 11) is 0. The first-order chi connectivity index (χ1) is 8.94. The molecule has 0 aliphatic carbocycles. The van der Waals surface area contributed by atoms with Crippen LogP contribution in [0.5, 0.6) is 0 Å². The highest BCUT2D eigenvalue weighted by Gasteiger charge is 2.11. The number of amides is 1. The first-order valence-electron chi connectivity index (χ1n) is 6.34. The number of rotatable bonds is 4. The predicted octanol–water partition coefficient (Wildman–Crippen LogP) is 3.01. The molecule has 2 rings (SSSR count). The van der Waals surface area contributed by atoms with Gasteiger partial charge in [-0.25, -0.2) is 4.98 Å². The largest absolute Gasteiger partial charge is 0.312 e. The molecule has 0 aliphatic rings. The number of nitrogens with one attached hydrogen (secondary N) is 2. The van der Waals surface area contributed by atoms with E-state index in [1.165, 1.54) is 11.3 Å². The minimum absolute atomic E-state index is 0.00388. The van der Waals surface area contributed by atoms with Gasteiger partial charge in [-0.1, -0.05) is 23.5 Å². The van der Waals surface area contributed by atoms with Crippen molar-refractivity contribution in [3.05, 3.63) is 24.3 Å². The van der Waals surface area contributed by atoms with E-state index in [-0.39, 0.29) is 11.4 Å². The Morgan fingerprint density at radius 2 is 2.05 bits per heavy atom. The number of benzene rings is 1. The average Bonchev–Trinajstić information content (AvgIpc) is 2.68. The highest BCUT2D eigenvalue weighted by molar-refractivity contribution is 7.22. The van der Waals surface area contributed by atoms with Crippen molar-refractivity contribution in [3.63, 3.8) is 0 Å². The van der Waals surface area contributed by atoms with Crippen LogP contribution in [0.15, 0.2) is 24.3 Å². The van der Waals surface area contributed by atoms with Crippen molar-refractivity contribution in [1.82, 2.24) is 10.3 Å². The lowest BCUT2D eigenvalue weighted by molar-refractivity contribution is -0.116. The van der Waals surface area contributed by atoms with Gasteiger partial charge < -0.3 is 10.6 Å². The Morgan fingerprint density at radius 1 is 1.32 bits per heavy atom. The lowest BCUT2D eigenvalue weighted by atomic mass is 10.1. The molecule has 1 amide bonds. The fraction of sp³-hybridized carbons (Fsp3) is 0.429. The zero-order chi connectivity index (χ0) is 13.9. The number of para-hydroxylation sites is 1. The van der Waals surface area contributed by atoms with E-state index >= 15 is 0 Å². The summed E-state index contributed by atoms with van der Waals surface area (Å²) in [6.45, 7) is 6.91. The van der Waals surface area contributed by atoms with E-state index in [1.54, 1.807) is 0 Å². The second kappa shape index (κ2) is 5.67. The van der Waals surface area contributed by atoms with Gasteiger partial charge in [-0.15, -0.1) is 0 Å². The smallest absolute Gasteiger partial charge is 0.227 e. The molecule has 2 N–H and O–H groups in total. The molecule has 0 fully saturated rings. The Kier molecular flexibility index (Phi) is 4.17. The fourth-order valence-corrected chi connectivity index (χ4v) is 2.54. The molecule has 102 valence electrons. The van der Waals surface area contributed by atoms with Crippen molar-refractivity contribution < 1.29 is 4.79 Å². The van der Waals surface area contributed by atoms with Crippen LogP contribution >= 0.6 is 11.3 Å². The van der Waals surface area contributed by atoms with Crippen molar-refractivity contribution in [2.75, 3.05) is 11.9 Å². The molecule has 1 aromatic carbocycles. The maximum atomic E-state index is 11.8. The van der Waals surface area contributed by atoms with Crippen molar-refractivity contribution in [2.24, 2.45) is 0 Å². The number of fused-ring (bicyclic) bond motifs is 1. The molecular formula is C14H19N3OS. The first-order valence-corrected chi connectivity index (χ1v) is 7.16. The highest BCUT2D eigenvalue weighted by Crippen LogP contribution is 2.25. The molecule has 19 heavy (non-hydrogen) atoms. The Balaban J connectivity index is 1.88. The summed E-state index contributed by atoms with van der Waals surface area (Å²) in [4.78, 5) is 16.2. The van der Waals surface area contributed by atoms with E-state index in [4.69, 9.17) is 0 Å². The molecule has 0 bridgehead atoms. The lowest BCUT2D eigenvalue weighted by Gasteiger charge is -2.19. The number of thiazole rings is 1. The van der Waals surface area contributed by atoms with Gasteiger partial charge in [-0.05, 0) is 32.9 Å². The summed E-state index contributed by atoms with van der Waals surface area (Å²) in [5.74, 6) is -0.00388. The normalized spacial score (nSPS) is 11.7. The molecule has 0 saturated heterocycles. The molecule has 0 spiro atoms. The van der Waals surface area contributed by atoms with Crippen LogP contribution in [0.25, 0.3) is 10.2 Å². The molecule has 0 atom stereocenters. The molecule has 4 nitrogen and oxygen atoms in total. The number of hydrogen-bond acceptors (Lipinski definition) is 4. The third-order valence-corrected chi connectivity index (χ3v) is 3.50. The SMILES string of the molecule is CC(C)(C)NCCC(=O)Nc1nc2ccccc2s1. The standard InChI is InChI=1S/C14H19N3OS/c1-14(2,3)15-9-8-12(18)17-13-16-10-6-4-5-7-11(10)19-13/h4-7,15H,8-9H2,1-3H3,(H,16,17,18). The lowest BCUT2D eigenvalue weighted by Crippen LogP contribution is -2.37. The van der Waals surface area contributed by atoms with Crippen molar-refractivity contribution in [1.29, 1.82) is 0 Å². The van der Waals surface area contributed by atoms with E-state index in [9.17, 15) is 4.79 Å². The zero-order valence-electron chi connectivity index (χ0n) is 11.5. The Morgan fingerprint density at radius 3 is 2.74 bits per heavy atom. The van der Waals surface area contributed by atoms with Crippen LogP contribution in [0.1, 0.15) is 27.2 Å². The molecule has 1 heterocycles. The summed E-state index contributed by atoms with van der Waals surface area (Å²) in [5, 5.41) is 6.80. The number of aromatic nitrogens is 1. The second-order valence-corrected chi connectivity index (χ2v) is 6.49. The molecule has 0 radical (unpaired) electrons. The summed E-state index contributed by atoms with van der Waals surface area (Å²) in [6.07, 6.45) is 0.452. The molecule has 0 aliphatic heterocycles. The molecule has 0 saturated carbocycles. The number of hydrogen-bond donors (Lipinski definition) is 2. The van der Waals surface area contributed by atoms with Gasteiger partial charge in [0.2, 0.25) is 5.91 Å². The van der Waals surface area contributed by atoms with Gasteiger partial charge in [-0.3, -0.25) is 4.79 Å². The third kappa shape index (κ3) is 4.29. The monoisotopic (exact) mass is 277 g/mol. The van der Waals surface area contributed by atoms with E-state index in [0.717, 1.165) is 10.2 Å². The first kappa shape index (κ1) is 14.0. The van der Waals surface area contributed by atoms with Crippen molar-refractivity contribution >= 4 is 32.6 Å². The van der Waals surface area contributed by atoms with Gasteiger partial charge in [-0.2, -0.15) is 0 Å². The molecule has 5 heteroatoms. The van der Waals surface area contributed by atoms with Gasteiger partial charge in [0.1, 0.15) is 0 Å². The van der Waals surface area contributed by atoms with Gasteiger partial charge >= 0.3 is 0 Å². The van der Waals surface area contributed by atoms with Crippen LogP contribution in [0.4, 0.5) is 5.13 Å². The van der Waals surface area contributed by atoms with Crippen LogP contribution < -0.4 is 10.6 Å². The van der Waals surface area contributed by atoms with Gasteiger partial charge in [0.25, 0.3) is 0 Å². The Labute approximate surface area is 117 Å². The number of nitrogens with zero attached hydrogens (tertiary/aromatic N) is 1. The van der Waals surface area contributed by atoms with E-state index < -0.39 is 0 Å². The summed E-state index contributed by atoms with van der Waals surface area (Å²) < 4.78 is 1.09. The number of carbonyl (C=O) groups excluding carboxylic acids is 1. The van der Waals surface area contributed by atoms with Crippen LogP contribution in [0, 0.1) is 0 Å². The van der Waals surface area contributed by atoms with Crippen molar-refractivity contribution in [2.45, 2.75) is 32.7 Å². The number of anilines is 1. The highest BCUT2D eigenvalue weighted by atomic mass is 32.1. The van der Waals surface area contributed by atoms with Crippen LogP contribution in [-0.4, -0.2) is 23.0 Å². The Bertz CT molecular complexity index is 538. The minimum Gasteiger partial charge on any atom is -0.312 e. The maximum absolute atomic E-state index is 11.8. The van der Waals surface area contributed by atoms with E-state index in [1.807, 2.05) is 24.3 Å². The second-order valence-electron chi connectivity index (χ2n) is 5.46. The molecule has 0 unspecified atom stereocenters. The summed E-state index contributed by atoms with van der Waals surface area (Å²) in [5.41, 5.74) is 0.964. The van der Waals surface area contributed by atoms with Crippen LogP contribution in [0.2, 0.25) is 0 Å². The molecule has 2 aromatic rings. The average molecular weight is 277 g/mol. The van der Waals surface area contributed by atoms with E-state index in [2.05, 4.69) is 36.4 Å².